The summed E-state index contributed by atoms with van der Waals surface area (Å²) in [6.45, 7) is 0.298. The van der Waals surface area contributed by atoms with E-state index in [1.54, 1.807) is 0 Å². The van der Waals surface area contributed by atoms with Gasteiger partial charge in [-0.05, 0) is 10.4 Å². The highest BCUT2D eigenvalue weighted by Crippen LogP contribution is 2.15. The first-order chi connectivity index (χ1) is 9.61. The Kier molecular flexibility index (Phi) is 4.50. The lowest BCUT2D eigenvalue weighted by molar-refractivity contribution is -0.141. The normalized spacial score (nSPS) is 14.2. The van der Waals surface area contributed by atoms with Gasteiger partial charge in [0.05, 0.1) is 19.4 Å². The van der Waals surface area contributed by atoms with Crippen LogP contribution in [-0.2, 0) is 25.6 Å². The molecule has 2 rings (SSSR count). The lowest BCUT2D eigenvalue weighted by Crippen LogP contribution is -2.33. The fourth-order valence-corrected chi connectivity index (χ4v) is 2.16. The maximum Gasteiger partial charge on any atom is 0.416 e. The molecule has 0 unspecified atom stereocenters. The lowest BCUT2D eigenvalue weighted by Gasteiger charge is -2.09. The number of carbonyl (C=O) groups excluding carboxylic acids is 3. The van der Waals surface area contributed by atoms with Crippen molar-refractivity contribution in [3.63, 3.8) is 0 Å². The zero-order valence-corrected chi connectivity index (χ0v) is 11.3. The molecular weight excluding hydrogens is 290 g/mol. The zero-order valence-electron chi connectivity index (χ0n) is 10.5. The van der Waals surface area contributed by atoms with Crippen molar-refractivity contribution in [2.45, 2.75) is 11.7 Å². The van der Waals surface area contributed by atoms with Crippen LogP contribution in [0.25, 0.3) is 0 Å². The zero-order chi connectivity index (χ0) is 14.5. The molecule has 0 spiro atoms. The highest BCUT2D eigenvalue weighted by molar-refractivity contribution is 7.99. The van der Waals surface area contributed by atoms with E-state index in [0.717, 1.165) is 16.7 Å². The highest BCUT2D eigenvalue weighted by Gasteiger charge is 2.28. The minimum atomic E-state index is -0.648. The molecule has 0 radical (unpaired) electrons. The number of amides is 2. The molecule has 1 saturated heterocycles. The van der Waals surface area contributed by atoms with Crippen LogP contribution < -0.4 is 0 Å². The number of ether oxygens (including phenoxy) is 2. The number of aromatic nitrogens is 4. The molecule has 1 aliphatic heterocycles. The van der Waals surface area contributed by atoms with Gasteiger partial charge in [-0.2, -0.15) is 0 Å². The van der Waals surface area contributed by atoms with Crippen LogP contribution in [0.2, 0.25) is 0 Å². The van der Waals surface area contributed by atoms with E-state index in [1.165, 1.54) is 11.8 Å². The number of thioether (sulfide) groups is 1. The second-order valence-electron chi connectivity index (χ2n) is 3.64. The smallest absolute Gasteiger partial charge is 0.416 e. The van der Waals surface area contributed by atoms with E-state index in [-0.39, 0.29) is 30.6 Å². The van der Waals surface area contributed by atoms with Crippen LogP contribution in [0.5, 0.6) is 0 Å². The summed E-state index contributed by atoms with van der Waals surface area (Å²) in [5.41, 5.74) is 0. The summed E-state index contributed by atoms with van der Waals surface area (Å²) >= 11 is 1.02. The van der Waals surface area contributed by atoms with Crippen LogP contribution in [0.1, 0.15) is 0 Å². The molecule has 0 aliphatic carbocycles. The number of tetrazole rings is 1. The van der Waals surface area contributed by atoms with Crippen molar-refractivity contribution in [2.24, 2.45) is 0 Å². The van der Waals surface area contributed by atoms with Crippen molar-refractivity contribution in [1.29, 1.82) is 0 Å². The van der Waals surface area contributed by atoms with Gasteiger partial charge in [0.15, 0.2) is 0 Å². The Morgan fingerprint density at radius 1 is 1.50 bits per heavy atom. The molecule has 1 aliphatic rings. The molecule has 20 heavy (non-hydrogen) atoms. The van der Waals surface area contributed by atoms with Gasteiger partial charge in [0.2, 0.25) is 11.1 Å². The topological polar surface area (TPSA) is 117 Å². The second kappa shape index (κ2) is 6.32. The largest absolute Gasteiger partial charge is 0.468 e. The molecule has 0 bridgehead atoms. The van der Waals surface area contributed by atoms with Crippen molar-refractivity contribution in [2.75, 3.05) is 26.0 Å². The number of hydrogen-bond donors (Lipinski definition) is 0. The van der Waals surface area contributed by atoms with Gasteiger partial charge in [-0.1, -0.05) is 11.8 Å². The Morgan fingerprint density at radius 3 is 2.95 bits per heavy atom. The predicted molar refractivity (Wildman–Crippen MR) is 63.6 cm³/mol. The fourth-order valence-electron chi connectivity index (χ4n) is 1.41. The number of cyclic esters (lactones) is 1. The highest BCUT2D eigenvalue weighted by atomic mass is 32.2. The van der Waals surface area contributed by atoms with E-state index in [9.17, 15) is 14.4 Å². The molecule has 1 aromatic heterocycles. The number of carbonyl (C=O) groups is 3. The average Bonchev–Trinajstić information content (AvgIpc) is 3.05. The van der Waals surface area contributed by atoms with Gasteiger partial charge in [0, 0.05) is 0 Å². The van der Waals surface area contributed by atoms with Crippen molar-refractivity contribution in [3.8, 4) is 0 Å². The van der Waals surface area contributed by atoms with Gasteiger partial charge in [-0.15, -0.1) is 5.10 Å². The van der Waals surface area contributed by atoms with Crippen molar-refractivity contribution in [1.82, 2.24) is 25.1 Å². The fraction of sp³-hybridized carbons (Fsp3) is 0.556. The monoisotopic (exact) mass is 301 g/mol. The summed E-state index contributed by atoms with van der Waals surface area (Å²) in [6, 6.07) is 0. The number of rotatable bonds is 5. The van der Waals surface area contributed by atoms with E-state index in [1.807, 2.05) is 0 Å². The van der Waals surface area contributed by atoms with Crippen molar-refractivity contribution < 1.29 is 23.9 Å². The summed E-state index contributed by atoms with van der Waals surface area (Å²) in [6.07, 6.45) is -0.648. The number of methoxy groups -OCH3 is 1. The van der Waals surface area contributed by atoms with Gasteiger partial charge < -0.3 is 9.47 Å². The van der Waals surface area contributed by atoms with Crippen molar-refractivity contribution >= 4 is 29.7 Å². The Hall–Kier alpha value is -2.17. The number of esters is 1. The summed E-state index contributed by atoms with van der Waals surface area (Å²) in [7, 11) is 1.25. The molecule has 0 aromatic carbocycles. The lowest BCUT2D eigenvalue weighted by atomic mass is 10.5. The van der Waals surface area contributed by atoms with Gasteiger partial charge in [-0.25, -0.2) is 14.4 Å². The van der Waals surface area contributed by atoms with Crippen LogP contribution in [-0.4, -0.2) is 69.1 Å². The third kappa shape index (κ3) is 3.23. The second-order valence-corrected chi connectivity index (χ2v) is 4.59. The molecule has 11 heteroatoms. The Bertz CT molecular complexity index is 533. The third-order valence-electron chi connectivity index (χ3n) is 2.39. The maximum absolute atomic E-state index is 11.8. The summed E-state index contributed by atoms with van der Waals surface area (Å²) in [5, 5.41) is 11.0. The number of imide groups is 1. The minimum absolute atomic E-state index is 0.0311. The van der Waals surface area contributed by atoms with Crippen LogP contribution in [0, 0.1) is 0 Å². The third-order valence-corrected chi connectivity index (χ3v) is 3.33. The Balaban J connectivity index is 1.91. The van der Waals surface area contributed by atoms with Crippen molar-refractivity contribution in [3.05, 3.63) is 0 Å². The molecule has 0 N–H and O–H groups in total. The number of nitrogens with zero attached hydrogens (tertiary/aromatic N) is 5. The Labute approximate surface area is 117 Å². The molecule has 2 amide bonds. The SMILES string of the molecule is COC(=O)Cn1nnnc1SCC(=O)N1CCOC1=O. The van der Waals surface area contributed by atoms with Gasteiger partial charge in [-0.3, -0.25) is 9.59 Å². The van der Waals surface area contributed by atoms with Gasteiger partial charge >= 0.3 is 12.1 Å². The molecular formula is C9H11N5O5S. The number of hydrogen-bond acceptors (Lipinski definition) is 9. The van der Waals surface area contributed by atoms with E-state index in [0.29, 0.717) is 0 Å². The van der Waals surface area contributed by atoms with Gasteiger partial charge in [0.1, 0.15) is 13.2 Å². The van der Waals surface area contributed by atoms with Crippen LogP contribution in [0.4, 0.5) is 4.79 Å². The molecule has 0 atom stereocenters. The molecule has 0 saturated carbocycles. The standard InChI is InChI=1S/C9H11N5O5S/c1-18-7(16)4-14-8(10-11-12-14)20-5-6(15)13-2-3-19-9(13)17/h2-5H2,1H3. The van der Waals surface area contributed by atoms with Gasteiger partial charge in [0.25, 0.3) is 0 Å². The average molecular weight is 301 g/mol. The quantitative estimate of drug-likeness (QED) is 0.494. The predicted octanol–water partition coefficient (Wildman–Crippen LogP) is -1.08. The molecule has 108 valence electrons. The maximum atomic E-state index is 11.8. The first-order valence-electron chi connectivity index (χ1n) is 5.54. The van der Waals surface area contributed by atoms with E-state index in [4.69, 9.17) is 0 Å². The minimum Gasteiger partial charge on any atom is -0.468 e. The molecule has 10 nitrogen and oxygen atoms in total. The molecule has 2 heterocycles. The summed E-state index contributed by atoms with van der Waals surface area (Å²) in [4.78, 5) is 35.1. The summed E-state index contributed by atoms with van der Waals surface area (Å²) in [5.74, 6) is -0.935. The Morgan fingerprint density at radius 2 is 2.30 bits per heavy atom. The van der Waals surface area contributed by atoms with E-state index >= 15 is 0 Å². The first kappa shape index (κ1) is 14.2. The first-order valence-corrected chi connectivity index (χ1v) is 6.53. The molecule has 1 fully saturated rings. The van der Waals surface area contributed by atoms with Crippen LogP contribution >= 0.6 is 11.8 Å². The van der Waals surface area contributed by atoms with Crippen LogP contribution in [0.3, 0.4) is 0 Å². The van der Waals surface area contributed by atoms with E-state index < -0.39 is 18.0 Å². The summed E-state index contributed by atoms with van der Waals surface area (Å²) < 4.78 is 10.4. The molecule has 1 aromatic rings. The van der Waals surface area contributed by atoms with Crippen LogP contribution in [0.15, 0.2) is 5.16 Å². The van der Waals surface area contributed by atoms with E-state index in [2.05, 4.69) is 25.0 Å².